The zero-order valence-corrected chi connectivity index (χ0v) is 5.69. The quantitative estimate of drug-likeness (QED) is 0.383. The van der Waals surface area contributed by atoms with Gasteiger partial charge in [0.25, 0.3) is 0 Å². The van der Waals surface area contributed by atoms with Gasteiger partial charge in [-0.2, -0.15) is 0 Å². The summed E-state index contributed by atoms with van der Waals surface area (Å²) in [6, 6.07) is 0. The summed E-state index contributed by atoms with van der Waals surface area (Å²) in [7, 11) is 0. The topological polar surface area (TPSA) is 12.4 Å². The van der Waals surface area contributed by atoms with E-state index in [9.17, 15) is 0 Å². The summed E-state index contributed by atoms with van der Waals surface area (Å²) in [5.74, 6) is 0. The minimum atomic E-state index is 0.944. The van der Waals surface area contributed by atoms with E-state index in [0.717, 1.165) is 6.54 Å². The highest BCUT2D eigenvalue weighted by atomic mass is 14.7. The average molecular weight is 113 g/mol. The van der Waals surface area contributed by atoms with Crippen LogP contribution < -0.4 is 0 Å². The van der Waals surface area contributed by atoms with Crippen molar-refractivity contribution in [1.82, 2.24) is 0 Å². The van der Waals surface area contributed by atoms with Crippen molar-refractivity contribution in [2.75, 3.05) is 6.54 Å². The van der Waals surface area contributed by atoms with Gasteiger partial charge in [0.05, 0.1) is 0 Å². The van der Waals surface area contributed by atoms with Crippen LogP contribution in [0.15, 0.2) is 4.99 Å². The smallest absolute Gasteiger partial charge is 0.0382 e. The molecule has 0 radical (unpaired) electrons. The second-order valence-corrected chi connectivity index (χ2v) is 2.01. The highest BCUT2D eigenvalue weighted by Gasteiger charge is 1.82. The van der Waals surface area contributed by atoms with Gasteiger partial charge in [-0.1, -0.05) is 26.2 Å². The first-order chi connectivity index (χ1) is 3.91. The molecule has 0 aliphatic heterocycles. The molecule has 8 heavy (non-hydrogen) atoms. The fourth-order valence-electron chi connectivity index (χ4n) is 0.650. The highest BCUT2D eigenvalue weighted by Crippen LogP contribution is 1.97. The predicted molar refractivity (Wildman–Crippen MR) is 38.6 cm³/mol. The first-order valence-electron chi connectivity index (χ1n) is 3.34. The van der Waals surface area contributed by atoms with Crippen LogP contribution in [0.2, 0.25) is 0 Å². The van der Waals surface area contributed by atoms with Crippen molar-refractivity contribution < 1.29 is 0 Å². The van der Waals surface area contributed by atoms with Gasteiger partial charge in [-0.05, 0) is 13.1 Å². The van der Waals surface area contributed by atoms with Gasteiger partial charge in [-0.3, -0.25) is 0 Å². The molecule has 48 valence electrons. The van der Waals surface area contributed by atoms with Crippen LogP contribution >= 0.6 is 0 Å². The van der Waals surface area contributed by atoms with E-state index >= 15 is 0 Å². The molecule has 0 atom stereocenters. The Morgan fingerprint density at radius 1 is 1.25 bits per heavy atom. The van der Waals surface area contributed by atoms with Crippen LogP contribution in [-0.2, 0) is 0 Å². The van der Waals surface area contributed by atoms with E-state index in [-0.39, 0.29) is 0 Å². The molecular weight excluding hydrogens is 98.1 g/mol. The molecule has 0 aliphatic rings. The van der Waals surface area contributed by atoms with Gasteiger partial charge in [0.15, 0.2) is 0 Å². The minimum absolute atomic E-state index is 0.944. The summed E-state index contributed by atoms with van der Waals surface area (Å²) in [5.41, 5.74) is 0. The predicted octanol–water partition coefficient (Wildman–Crippen LogP) is 2.27. The molecule has 0 aromatic heterocycles. The van der Waals surface area contributed by atoms with Crippen molar-refractivity contribution in [3.05, 3.63) is 0 Å². The van der Waals surface area contributed by atoms with Gasteiger partial charge in [0.2, 0.25) is 0 Å². The molecule has 0 N–H and O–H groups in total. The van der Waals surface area contributed by atoms with Gasteiger partial charge in [0, 0.05) is 6.54 Å². The Labute approximate surface area is 51.8 Å². The Morgan fingerprint density at radius 3 is 2.50 bits per heavy atom. The van der Waals surface area contributed by atoms with E-state index in [4.69, 9.17) is 0 Å². The maximum absolute atomic E-state index is 3.76. The average Bonchev–Trinajstić information content (AvgIpc) is 1.81. The Hall–Kier alpha value is -0.330. The van der Waals surface area contributed by atoms with E-state index in [1.807, 2.05) is 0 Å². The molecule has 0 unspecified atom stereocenters. The zero-order chi connectivity index (χ0) is 6.24. The third kappa shape index (κ3) is 5.67. The second kappa shape index (κ2) is 6.67. The number of hydrogen-bond donors (Lipinski definition) is 0. The van der Waals surface area contributed by atoms with Crippen LogP contribution in [0.4, 0.5) is 0 Å². The third-order valence-corrected chi connectivity index (χ3v) is 1.17. The summed E-state index contributed by atoms with van der Waals surface area (Å²) >= 11 is 0. The summed E-state index contributed by atoms with van der Waals surface area (Å²) < 4.78 is 0. The summed E-state index contributed by atoms with van der Waals surface area (Å²) in [6.45, 7) is 6.56. The maximum atomic E-state index is 3.76. The first-order valence-corrected chi connectivity index (χ1v) is 3.34. The second-order valence-electron chi connectivity index (χ2n) is 2.01. The van der Waals surface area contributed by atoms with Gasteiger partial charge < -0.3 is 4.99 Å². The summed E-state index contributed by atoms with van der Waals surface area (Å²) in [4.78, 5) is 3.76. The molecule has 1 heteroatoms. The molecule has 0 aromatic rings. The Bertz CT molecular complexity index is 50.3. The largest absolute Gasteiger partial charge is 0.301 e. The van der Waals surface area contributed by atoms with E-state index in [1.165, 1.54) is 25.7 Å². The standard InChI is InChI=1S/C7H15N/c1-3-4-5-6-7-8-2/h2-7H2,1H3. The van der Waals surface area contributed by atoms with Gasteiger partial charge in [-0.25, -0.2) is 0 Å². The number of unbranched alkanes of at least 4 members (excludes halogenated alkanes) is 3. The Balaban J connectivity index is 2.62. The lowest BCUT2D eigenvalue weighted by atomic mass is 10.2. The zero-order valence-electron chi connectivity index (χ0n) is 5.69. The van der Waals surface area contributed by atoms with Crippen LogP contribution in [0.5, 0.6) is 0 Å². The van der Waals surface area contributed by atoms with Gasteiger partial charge >= 0.3 is 0 Å². The van der Waals surface area contributed by atoms with Crippen molar-refractivity contribution in [1.29, 1.82) is 0 Å². The SMILES string of the molecule is C=NCCCCCC. The number of hydrogen-bond acceptors (Lipinski definition) is 1. The van der Waals surface area contributed by atoms with Gasteiger partial charge in [0.1, 0.15) is 0 Å². The maximum Gasteiger partial charge on any atom is 0.0382 e. The molecular formula is C7H15N. The van der Waals surface area contributed by atoms with Crippen LogP contribution in [-0.4, -0.2) is 13.3 Å². The highest BCUT2D eigenvalue weighted by molar-refractivity contribution is 5.22. The molecule has 0 rings (SSSR count). The lowest BCUT2D eigenvalue weighted by Gasteiger charge is -1.91. The molecule has 0 amide bonds. The van der Waals surface area contributed by atoms with E-state index in [0.29, 0.717) is 0 Å². The summed E-state index contributed by atoms with van der Waals surface area (Å²) in [5, 5.41) is 0. The fourth-order valence-corrected chi connectivity index (χ4v) is 0.650. The normalized spacial score (nSPS) is 9.12. The fraction of sp³-hybridized carbons (Fsp3) is 0.857. The molecule has 0 heterocycles. The molecule has 0 aliphatic carbocycles. The number of aliphatic imine (C=N–C) groups is 1. The lowest BCUT2D eigenvalue weighted by molar-refractivity contribution is 0.676. The Morgan fingerprint density at radius 2 is 2.00 bits per heavy atom. The number of nitrogens with zero attached hydrogens (tertiary/aromatic N) is 1. The van der Waals surface area contributed by atoms with Crippen LogP contribution in [0.1, 0.15) is 32.6 Å². The van der Waals surface area contributed by atoms with E-state index in [1.54, 1.807) is 0 Å². The third-order valence-electron chi connectivity index (χ3n) is 1.17. The van der Waals surface area contributed by atoms with Crippen molar-refractivity contribution in [3.8, 4) is 0 Å². The van der Waals surface area contributed by atoms with Crippen LogP contribution in [0, 0.1) is 0 Å². The molecule has 1 nitrogen and oxygen atoms in total. The minimum Gasteiger partial charge on any atom is -0.301 e. The molecule has 0 saturated heterocycles. The molecule has 0 bridgehead atoms. The van der Waals surface area contributed by atoms with Crippen molar-refractivity contribution in [2.24, 2.45) is 4.99 Å². The lowest BCUT2D eigenvalue weighted by Crippen LogP contribution is -1.78. The van der Waals surface area contributed by atoms with Gasteiger partial charge in [-0.15, -0.1) is 0 Å². The van der Waals surface area contributed by atoms with Crippen LogP contribution in [0.3, 0.4) is 0 Å². The first kappa shape index (κ1) is 7.67. The van der Waals surface area contributed by atoms with Crippen molar-refractivity contribution in [2.45, 2.75) is 32.6 Å². The monoisotopic (exact) mass is 113 g/mol. The van der Waals surface area contributed by atoms with Crippen LogP contribution in [0.25, 0.3) is 0 Å². The van der Waals surface area contributed by atoms with Crippen molar-refractivity contribution >= 4 is 6.72 Å². The van der Waals surface area contributed by atoms with Crippen molar-refractivity contribution in [3.63, 3.8) is 0 Å². The molecule has 0 fully saturated rings. The Kier molecular flexibility index (Phi) is 6.39. The molecule has 0 spiro atoms. The molecule has 0 aromatic carbocycles. The van der Waals surface area contributed by atoms with E-state index < -0.39 is 0 Å². The van der Waals surface area contributed by atoms with E-state index in [2.05, 4.69) is 18.6 Å². The summed E-state index contributed by atoms with van der Waals surface area (Å²) in [6.07, 6.45) is 5.18. The number of rotatable bonds is 5. The molecule has 0 saturated carbocycles.